The lowest BCUT2D eigenvalue weighted by molar-refractivity contribution is 0.0830. The van der Waals surface area contributed by atoms with Gasteiger partial charge in [0.15, 0.2) is 5.82 Å². The summed E-state index contributed by atoms with van der Waals surface area (Å²) in [5, 5.41) is 4.28. The van der Waals surface area contributed by atoms with Gasteiger partial charge in [0, 0.05) is 31.7 Å². The average Bonchev–Trinajstić information content (AvgIpc) is 3.30. The molecule has 0 amide bonds. The third-order valence-electron chi connectivity index (χ3n) is 9.24. The number of fused-ring (bicyclic) bond motifs is 8. The van der Waals surface area contributed by atoms with Gasteiger partial charge >= 0.3 is 6.01 Å². The van der Waals surface area contributed by atoms with Crippen LogP contribution < -0.4 is 19.7 Å². The Kier molecular flexibility index (Phi) is 3.82. The minimum atomic E-state index is -0.475. The number of nitrogens with zero attached hydrogens (tertiary/aromatic N) is 5. The van der Waals surface area contributed by atoms with Crippen LogP contribution in [-0.2, 0) is 0 Å². The van der Waals surface area contributed by atoms with Crippen LogP contribution in [0.25, 0.3) is 10.9 Å². The van der Waals surface area contributed by atoms with Crippen LogP contribution in [0.2, 0.25) is 0 Å². The van der Waals surface area contributed by atoms with Crippen LogP contribution in [0, 0.1) is 17.7 Å². The number of aromatic nitrogens is 3. The van der Waals surface area contributed by atoms with Gasteiger partial charge in [-0.3, -0.25) is 4.90 Å². The first-order valence-electron chi connectivity index (χ1n) is 12.6. The van der Waals surface area contributed by atoms with E-state index < -0.39 is 5.82 Å². The van der Waals surface area contributed by atoms with Gasteiger partial charge in [-0.2, -0.15) is 9.97 Å². The molecule has 0 radical (unpaired) electrons. The second-order valence-electron chi connectivity index (χ2n) is 11.3. The van der Waals surface area contributed by atoms with Gasteiger partial charge in [0.1, 0.15) is 29.4 Å². The summed E-state index contributed by atoms with van der Waals surface area (Å²) >= 11 is 0. The molecule has 8 rings (SSSR count). The Morgan fingerprint density at radius 2 is 2.24 bits per heavy atom. The van der Waals surface area contributed by atoms with Gasteiger partial charge < -0.3 is 19.7 Å². The molecule has 34 heavy (non-hydrogen) atoms. The van der Waals surface area contributed by atoms with Crippen molar-refractivity contribution in [1.29, 1.82) is 0 Å². The van der Waals surface area contributed by atoms with Crippen molar-refractivity contribution in [1.82, 2.24) is 25.2 Å². The van der Waals surface area contributed by atoms with Crippen LogP contribution in [0.5, 0.6) is 11.9 Å². The van der Waals surface area contributed by atoms with Gasteiger partial charge in [-0.1, -0.05) is 12.2 Å². The van der Waals surface area contributed by atoms with Crippen molar-refractivity contribution in [2.45, 2.75) is 62.4 Å². The van der Waals surface area contributed by atoms with Crippen molar-refractivity contribution in [2.75, 3.05) is 31.1 Å². The number of nitrogens with one attached hydrogen (secondary N) is 1. The van der Waals surface area contributed by atoms with Crippen molar-refractivity contribution < 1.29 is 13.9 Å². The molecule has 4 saturated heterocycles. The highest BCUT2D eigenvalue weighted by Crippen LogP contribution is 2.60. The maximum Gasteiger partial charge on any atom is 0.319 e. The Hall–Kier alpha value is -2.52. The van der Waals surface area contributed by atoms with Crippen LogP contribution >= 0.6 is 0 Å². The second-order valence-corrected chi connectivity index (χ2v) is 11.3. The van der Waals surface area contributed by atoms with E-state index in [1.165, 1.54) is 18.2 Å². The van der Waals surface area contributed by atoms with Crippen molar-refractivity contribution in [3.05, 3.63) is 24.2 Å². The Morgan fingerprint density at radius 1 is 1.32 bits per heavy atom. The smallest absolute Gasteiger partial charge is 0.319 e. The summed E-state index contributed by atoms with van der Waals surface area (Å²) in [5.41, 5.74) is 1.49. The van der Waals surface area contributed by atoms with E-state index in [0.29, 0.717) is 41.7 Å². The van der Waals surface area contributed by atoms with Crippen LogP contribution in [0.15, 0.2) is 18.3 Å². The largest absolute Gasteiger partial charge is 0.472 e. The SMILES string of the molecule is C=C1CN2C[C@@H]3C[C@@H]3C2(COc2nc3c4c(ncc(F)c4n2)OC(C)C2C4CCC(CN32)N4)C1. The summed E-state index contributed by atoms with van der Waals surface area (Å²) < 4.78 is 27.7. The minimum Gasteiger partial charge on any atom is -0.472 e. The molecule has 5 unspecified atom stereocenters. The number of rotatable bonds is 3. The first-order valence-corrected chi connectivity index (χ1v) is 12.6. The summed E-state index contributed by atoms with van der Waals surface area (Å²) in [6, 6.07) is 1.04. The van der Waals surface area contributed by atoms with Gasteiger partial charge in [0.25, 0.3) is 0 Å². The molecular formula is C25H29FN6O2. The lowest BCUT2D eigenvalue weighted by Crippen LogP contribution is -2.62. The van der Waals surface area contributed by atoms with Crippen molar-refractivity contribution in [3.8, 4) is 11.9 Å². The zero-order valence-corrected chi connectivity index (χ0v) is 19.3. The Bertz CT molecular complexity index is 1240. The molecular weight excluding hydrogens is 435 g/mol. The number of piperidine rings is 1. The van der Waals surface area contributed by atoms with Crippen LogP contribution in [0.3, 0.4) is 0 Å². The molecule has 8 nitrogen and oxygen atoms in total. The van der Waals surface area contributed by atoms with Gasteiger partial charge in [0.2, 0.25) is 5.88 Å². The lowest BCUT2D eigenvalue weighted by Gasteiger charge is -2.42. The molecule has 1 aliphatic carbocycles. The monoisotopic (exact) mass is 464 g/mol. The second kappa shape index (κ2) is 6.57. The van der Waals surface area contributed by atoms with Crippen molar-refractivity contribution in [3.63, 3.8) is 0 Å². The van der Waals surface area contributed by atoms with E-state index in [2.05, 4.69) is 38.6 Å². The molecule has 0 spiro atoms. The number of hydrogen-bond donors (Lipinski definition) is 1. The molecule has 7 heterocycles. The summed E-state index contributed by atoms with van der Waals surface area (Å²) in [6.45, 7) is 9.72. The summed E-state index contributed by atoms with van der Waals surface area (Å²) in [6.07, 6.45) is 5.54. The van der Waals surface area contributed by atoms with Gasteiger partial charge in [-0.15, -0.1) is 0 Å². The van der Waals surface area contributed by atoms with E-state index in [4.69, 9.17) is 14.5 Å². The normalized spacial score (nSPS) is 39.5. The molecule has 2 bridgehead atoms. The molecule has 6 aliphatic rings. The Morgan fingerprint density at radius 3 is 3.15 bits per heavy atom. The van der Waals surface area contributed by atoms with Crippen LogP contribution in [0.1, 0.15) is 32.6 Å². The zero-order chi connectivity index (χ0) is 22.8. The summed E-state index contributed by atoms with van der Waals surface area (Å²) in [4.78, 5) is 18.6. The van der Waals surface area contributed by atoms with E-state index in [1.807, 2.05) is 0 Å². The molecule has 178 valence electrons. The number of piperazine rings is 1. The van der Waals surface area contributed by atoms with Crippen LogP contribution in [-0.4, -0.2) is 75.9 Å². The Balaban J connectivity index is 1.22. The van der Waals surface area contributed by atoms with E-state index in [9.17, 15) is 0 Å². The fourth-order valence-electron chi connectivity index (χ4n) is 7.76. The number of hydrogen-bond acceptors (Lipinski definition) is 8. The van der Waals surface area contributed by atoms with E-state index in [0.717, 1.165) is 44.8 Å². The van der Waals surface area contributed by atoms with E-state index >= 15 is 4.39 Å². The van der Waals surface area contributed by atoms with E-state index in [-0.39, 0.29) is 29.2 Å². The molecule has 2 aromatic rings. The highest BCUT2D eigenvalue weighted by atomic mass is 19.1. The third-order valence-corrected chi connectivity index (χ3v) is 9.24. The number of anilines is 1. The standard InChI is InChI=1S/C25H29FN6O2/c1-12-6-25(16-5-14(16)9-31(25)8-12)11-33-24-29-20-17(26)7-27-23-19(20)22(30-24)32-10-15-3-4-18(28-15)21(32)13(2)34-23/h7,13-16,18,21,28H,1,3-6,8-11H2,2H3/t13?,14-,15?,16-,18?,21?,25?/m0/s1. The highest BCUT2D eigenvalue weighted by molar-refractivity contribution is 5.95. The summed E-state index contributed by atoms with van der Waals surface area (Å²) in [7, 11) is 0. The minimum absolute atomic E-state index is 0.00948. The van der Waals surface area contributed by atoms with Crippen LogP contribution in [0.4, 0.5) is 10.2 Å². The Labute approximate surface area is 197 Å². The quantitative estimate of drug-likeness (QED) is 0.694. The maximum absolute atomic E-state index is 15.1. The first-order chi connectivity index (χ1) is 16.5. The predicted octanol–water partition coefficient (Wildman–Crippen LogP) is 2.28. The summed E-state index contributed by atoms with van der Waals surface area (Å²) in [5.74, 6) is 2.06. The number of ether oxygens (including phenoxy) is 2. The van der Waals surface area contributed by atoms with Crippen molar-refractivity contribution in [2.24, 2.45) is 11.8 Å². The first kappa shape index (κ1) is 19.8. The fraction of sp³-hybridized carbons (Fsp3) is 0.640. The molecule has 5 aliphatic heterocycles. The fourth-order valence-corrected chi connectivity index (χ4v) is 7.76. The highest BCUT2D eigenvalue weighted by Gasteiger charge is 2.64. The molecule has 2 aromatic heterocycles. The van der Waals surface area contributed by atoms with Gasteiger partial charge in [-0.25, -0.2) is 9.37 Å². The number of pyridine rings is 1. The van der Waals surface area contributed by atoms with Gasteiger partial charge in [-0.05, 0) is 44.4 Å². The topological polar surface area (TPSA) is 75.6 Å². The number of halogens is 1. The molecule has 1 saturated carbocycles. The van der Waals surface area contributed by atoms with E-state index in [1.54, 1.807) is 0 Å². The molecule has 0 aromatic carbocycles. The predicted molar refractivity (Wildman–Crippen MR) is 124 cm³/mol. The third kappa shape index (κ3) is 2.57. The zero-order valence-electron chi connectivity index (χ0n) is 19.3. The molecule has 7 atom stereocenters. The average molecular weight is 465 g/mol. The maximum atomic E-state index is 15.1. The van der Waals surface area contributed by atoms with Crippen molar-refractivity contribution >= 4 is 16.7 Å². The van der Waals surface area contributed by atoms with Gasteiger partial charge in [0.05, 0.1) is 17.8 Å². The molecule has 9 heteroatoms. The molecule has 1 N–H and O–H groups in total. The molecule has 5 fully saturated rings. The lowest BCUT2D eigenvalue weighted by atomic mass is 9.91.